The molecule has 0 unspecified atom stereocenters. The summed E-state index contributed by atoms with van der Waals surface area (Å²) in [5.41, 5.74) is 2.73. The van der Waals surface area contributed by atoms with Gasteiger partial charge in [0.1, 0.15) is 5.75 Å². The maximum Gasteiger partial charge on any atom is 0.324 e. The number of benzene rings is 1. The molecule has 0 saturated carbocycles. The van der Waals surface area contributed by atoms with Crippen LogP contribution >= 0.6 is 0 Å². The summed E-state index contributed by atoms with van der Waals surface area (Å²) in [4.78, 5) is 25.5. The zero-order chi connectivity index (χ0) is 19.9. The van der Waals surface area contributed by atoms with Gasteiger partial charge in [0.25, 0.3) is 5.91 Å². The molecule has 0 aromatic heterocycles. The van der Waals surface area contributed by atoms with Crippen LogP contribution in [0.25, 0.3) is 6.08 Å². The summed E-state index contributed by atoms with van der Waals surface area (Å²) in [6.07, 6.45) is 2.37. The number of likely N-dealkylation sites (tertiary alicyclic amines) is 1. The molecule has 0 radical (unpaired) electrons. The third-order valence-electron chi connectivity index (χ3n) is 4.67. The maximum absolute atomic E-state index is 12.5. The Balaban J connectivity index is 2.54. The Morgan fingerprint density at radius 2 is 1.62 bits per heavy atom. The molecule has 1 aliphatic heterocycles. The molecule has 26 heavy (non-hydrogen) atoms. The molecule has 0 atom stereocenters. The predicted octanol–water partition coefficient (Wildman–Crippen LogP) is 3.94. The van der Waals surface area contributed by atoms with Gasteiger partial charge in [-0.3, -0.25) is 9.69 Å². The van der Waals surface area contributed by atoms with Crippen molar-refractivity contribution in [2.75, 3.05) is 13.6 Å². The lowest BCUT2D eigenvalue weighted by molar-refractivity contribution is -0.122. The summed E-state index contributed by atoms with van der Waals surface area (Å²) >= 11 is 0. The Kier molecular flexibility index (Phi) is 5.22. The lowest BCUT2D eigenvalue weighted by Gasteiger charge is -2.28. The topological polar surface area (TPSA) is 69.6 Å². The van der Waals surface area contributed by atoms with Crippen molar-refractivity contribution in [1.82, 2.24) is 10.2 Å². The first-order valence-electron chi connectivity index (χ1n) is 8.98. The van der Waals surface area contributed by atoms with Crippen LogP contribution in [0.15, 0.2) is 17.7 Å². The Morgan fingerprint density at radius 3 is 2.04 bits per heavy atom. The zero-order valence-corrected chi connectivity index (χ0v) is 16.9. The van der Waals surface area contributed by atoms with E-state index in [9.17, 15) is 14.7 Å². The first-order valence-corrected chi connectivity index (χ1v) is 8.98. The average molecular weight is 358 g/mol. The summed E-state index contributed by atoms with van der Waals surface area (Å²) in [5, 5.41) is 13.3. The third kappa shape index (κ3) is 3.92. The second-order valence-electron chi connectivity index (χ2n) is 8.90. The van der Waals surface area contributed by atoms with Gasteiger partial charge in [-0.05, 0) is 41.0 Å². The van der Waals surface area contributed by atoms with Crippen molar-refractivity contribution < 1.29 is 14.7 Å². The number of phenols is 1. The molecule has 1 fully saturated rings. The van der Waals surface area contributed by atoms with E-state index in [0.29, 0.717) is 24.3 Å². The van der Waals surface area contributed by atoms with Gasteiger partial charge in [-0.25, -0.2) is 4.79 Å². The minimum atomic E-state index is -0.380. The number of nitrogens with one attached hydrogen (secondary N) is 1. The largest absolute Gasteiger partial charge is 0.507 e. The van der Waals surface area contributed by atoms with Crippen molar-refractivity contribution in [1.29, 1.82) is 0 Å². The maximum atomic E-state index is 12.5. The molecule has 5 nitrogen and oxygen atoms in total. The second kappa shape index (κ2) is 6.78. The van der Waals surface area contributed by atoms with E-state index in [-0.39, 0.29) is 22.8 Å². The fourth-order valence-corrected chi connectivity index (χ4v) is 3.16. The summed E-state index contributed by atoms with van der Waals surface area (Å²) in [6.45, 7) is 12.7. The molecule has 0 aliphatic carbocycles. The van der Waals surface area contributed by atoms with Crippen molar-refractivity contribution in [3.8, 4) is 5.75 Å². The number of carbonyl (C=O) groups is 2. The molecular formula is C21H30N2O3. The molecule has 0 spiro atoms. The number of carbonyl (C=O) groups excluding carboxylic acids is 2. The van der Waals surface area contributed by atoms with Gasteiger partial charge in [0.15, 0.2) is 0 Å². The van der Waals surface area contributed by atoms with Crippen LogP contribution in [0.4, 0.5) is 4.79 Å². The molecule has 0 bridgehead atoms. The first kappa shape index (κ1) is 20.0. The molecule has 2 N–H and O–H groups in total. The van der Waals surface area contributed by atoms with E-state index in [1.807, 2.05) is 18.2 Å². The minimum Gasteiger partial charge on any atom is -0.507 e. The molecule has 5 heteroatoms. The van der Waals surface area contributed by atoms with Crippen LogP contribution in [0.5, 0.6) is 5.75 Å². The van der Waals surface area contributed by atoms with Crippen LogP contribution in [0, 0.1) is 0 Å². The number of hydrogen-bond donors (Lipinski definition) is 2. The zero-order valence-electron chi connectivity index (χ0n) is 16.9. The number of amides is 3. The first-order chi connectivity index (χ1) is 11.9. The van der Waals surface area contributed by atoms with Gasteiger partial charge in [0, 0.05) is 30.3 Å². The molecule has 142 valence electrons. The van der Waals surface area contributed by atoms with Gasteiger partial charge in [0.2, 0.25) is 0 Å². The van der Waals surface area contributed by atoms with Crippen LogP contribution in [0.2, 0.25) is 0 Å². The Labute approximate surface area is 156 Å². The van der Waals surface area contributed by atoms with Gasteiger partial charge in [-0.2, -0.15) is 0 Å². The Morgan fingerprint density at radius 1 is 1.12 bits per heavy atom. The number of aromatic hydroxyl groups is 1. The molecule has 2 rings (SSSR count). The number of rotatable bonds is 1. The van der Waals surface area contributed by atoms with Crippen LogP contribution in [-0.2, 0) is 15.6 Å². The van der Waals surface area contributed by atoms with E-state index in [1.54, 1.807) is 0 Å². The minimum absolute atomic E-state index is 0.230. The second-order valence-corrected chi connectivity index (χ2v) is 8.90. The highest BCUT2D eigenvalue weighted by Gasteiger charge is 2.31. The Bertz CT molecular complexity index is 729. The van der Waals surface area contributed by atoms with E-state index in [1.165, 1.54) is 11.9 Å². The average Bonchev–Trinajstić information content (AvgIpc) is 2.87. The highest BCUT2D eigenvalue weighted by molar-refractivity contribution is 6.08. The highest BCUT2D eigenvalue weighted by Crippen LogP contribution is 2.40. The van der Waals surface area contributed by atoms with Crippen LogP contribution in [0.3, 0.4) is 0 Å². The number of hydrogen-bond acceptors (Lipinski definition) is 3. The van der Waals surface area contributed by atoms with Crippen molar-refractivity contribution in [3.05, 3.63) is 34.4 Å². The molecule has 1 aromatic rings. The monoisotopic (exact) mass is 358 g/mol. The third-order valence-corrected chi connectivity index (χ3v) is 4.67. The van der Waals surface area contributed by atoms with Crippen molar-refractivity contribution in [3.63, 3.8) is 0 Å². The number of phenolic OH excluding ortho intramolecular Hbond substituents is 1. The van der Waals surface area contributed by atoms with Crippen LogP contribution < -0.4 is 5.32 Å². The summed E-state index contributed by atoms with van der Waals surface area (Å²) in [7, 11) is 1.52. The normalized spacial score (nSPS) is 17.1. The fourth-order valence-electron chi connectivity index (χ4n) is 3.16. The van der Waals surface area contributed by atoms with Gasteiger partial charge in [0.05, 0.1) is 0 Å². The summed E-state index contributed by atoms with van der Waals surface area (Å²) < 4.78 is 0. The van der Waals surface area contributed by atoms with Gasteiger partial charge < -0.3 is 10.4 Å². The SMILES string of the molecule is CNC(=O)N1CC/C(=C/c2cc(C(C)(C)C)c(O)c(C(C)(C)C)c2)C1=O. The molecule has 1 saturated heterocycles. The summed E-state index contributed by atoms with van der Waals surface area (Å²) in [6, 6.07) is 3.50. The van der Waals surface area contributed by atoms with Crippen LogP contribution in [-0.4, -0.2) is 35.5 Å². The number of urea groups is 1. The number of imide groups is 1. The van der Waals surface area contributed by atoms with Gasteiger partial charge in [-0.1, -0.05) is 41.5 Å². The number of nitrogens with zero attached hydrogens (tertiary/aromatic N) is 1. The van der Waals surface area contributed by atoms with Gasteiger partial charge >= 0.3 is 6.03 Å². The smallest absolute Gasteiger partial charge is 0.324 e. The van der Waals surface area contributed by atoms with E-state index < -0.39 is 0 Å². The molecule has 1 aromatic carbocycles. The van der Waals surface area contributed by atoms with E-state index >= 15 is 0 Å². The lowest BCUT2D eigenvalue weighted by Crippen LogP contribution is -2.38. The molecular weight excluding hydrogens is 328 g/mol. The van der Waals surface area contributed by atoms with E-state index in [2.05, 4.69) is 46.9 Å². The van der Waals surface area contributed by atoms with Crippen molar-refractivity contribution in [2.45, 2.75) is 58.8 Å². The Hall–Kier alpha value is -2.30. The quantitative estimate of drug-likeness (QED) is 0.747. The lowest BCUT2D eigenvalue weighted by atomic mass is 9.78. The van der Waals surface area contributed by atoms with E-state index in [0.717, 1.165) is 16.7 Å². The van der Waals surface area contributed by atoms with E-state index in [4.69, 9.17) is 0 Å². The molecule has 3 amide bonds. The molecule has 1 aliphatic rings. The van der Waals surface area contributed by atoms with Crippen molar-refractivity contribution in [2.24, 2.45) is 0 Å². The van der Waals surface area contributed by atoms with Crippen molar-refractivity contribution >= 4 is 18.0 Å². The molecule has 1 heterocycles. The standard InChI is InChI=1S/C21H30N2O3/c1-20(2,3)15-11-13(12-16(17(15)24)21(4,5)6)10-14-8-9-23(18(14)25)19(26)22-7/h10-12,24H,8-9H2,1-7H3,(H,22,26)/b14-10-. The van der Waals surface area contributed by atoms with Crippen LogP contribution in [0.1, 0.15) is 64.7 Å². The fraction of sp³-hybridized carbons (Fsp3) is 0.524. The van der Waals surface area contributed by atoms with Gasteiger partial charge in [-0.15, -0.1) is 0 Å². The summed E-state index contributed by atoms with van der Waals surface area (Å²) in [5.74, 6) is 0.0592. The highest BCUT2D eigenvalue weighted by atomic mass is 16.3. The predicted molar refractivity (Wildman–Crippen MR) is 104 cm³/mol.